The van der Waals surface area contributed by atoms with Crippen LogP contribution in [0.15, 0.2) is 53.0 Å². The van der Waals surface area contributed by atoms with Crippen LogP contribution in [0, 0.1) is 5.82 Å². The van der Waals surface area contributed by atoms with Crippen LogP contribution in [0.4, 0.5) is 4.39 Å². The first-order chi connectivity index (χ1) is 9.58. The van der Waals surface area contributed by atoms with Crippen molar-refractivity contribution in [2.45, 2.75) is 25.7 Å². The molecule has 0 radical (unpaired) electrons. The van der Waals surface area contributed by atoms with Crippen molar-refractivity contribution in [3.8, 4) is 0 Å². The summed E-state index contributed by atoms with van der Waals surface area (Å²) in [6.07, 6.45) is -0.261. The first-order valence-corrected chi connectivity index (χ1v) is 7.23. The van der Waals surface area contributed by atoms with Gasteiger partial charge in [0.1, 0.15) is 5.82 Å². The Morgan fingerprint density at radius 2 is 1.80 bits per heavy atom. The van der Waals surface area contributed by atoms with Gasteiger partial charge in [-0.25, -0.2) is 4.39 Å². The van der Waals surface area contributed by atoms with Gasteiger partial charge < -0.3 is 10.5 Å². The molecule has 2 N–H and O–H groups in total. The molecule has 2 unspecified atom stereocenters. The van der Waals surface area contributed by atoms with Gasteiger partial charge in [-0.2, -0.15) is 0 Å². The molecule has 0 aliphatic heterocycles. The molecule has 2 aromatic carbocycles. The SMILES string of the molecule is CC(N)C(OCc1ccccc1F)c1ccc(Br)cc1. The molecule has 0 saturated heterocycles. The smallest absolute Gasteiger partial charge is 0.128 e. The van der Waals surface area contributed by atoms with E-state index in [-0.39, 0.29) is 24.6 Å². The third-order valence-electron chi connectivity index (χ3n) is 3.05. The average molecular weight is 338 g/mol. The minimum atomic E-state index is -0.261. The number of benzene rings is 2. The van der Waals surface area contributed by atoms with Crippen molar-refractivity contribution in [3.63, 3.8) is 0 Å². The topological polar surface area (TPSA) is 35.2 Å². The minimum absolute atomic E-state index is 0.178. The molecule has 0 amide bonds. The maximum absolute atomic E-state index is 13.6. The summed E-state index contributed by atoms with van der Waals surface area (Å²) in [4.78, 5) is 0. The summed E-state index contributed by atoms with van der Waals surface area (Å²) in [6, 6.07) is 14.2. The lowest BCUT2D eigenvalue weighted by atomic mass is 10.0. The van der Waals surface area contributed by atoms with Crippen LogP contribution in [0.25, 0.3) is 0 Å². The molecule has 0 saturated carbocycles. The molecule has 106 valence electrons. The molecule has 0 aliphatic rings. The van der Waals surface area contributed by atoms with Gasteiger partial charge in [-0.05, 0) is 30.7 Å². The number of ether oxygens (including phenoxy) is 1. The zero-order valence-electron chi connectivity index (χ0n) is 11.2. The number of hydrogen-bond acceptors (Lipinski definition) is 2. The Hall–Kier alpha value is -1.23. The normalized spacial score (nSPS) is 14.0. The lowest BCUT2D eigenvalue weighted by Gasteiger charge is -2.22. The Bertz CT molecular complexity index is 557. The largest absolute Gasteiger partial charge is 0.367 e. The van der Waals surface area contributed by atoms with Crippen LogP contribution in [0.2, 0.25) is 0 Å². The highest BCUT2D eigenvalue weighted by Crippen LogP contribution is 2.24. The second-order valence-electron chi connectivity index (χ2n) is 4.73. The fourth-order valence-corrected chi connectivity index (χ4v) is 2.26. The zero-order valence-corrected chi connectivity index (χ0v) is 12.8. The van der Waals surface area contributed by atoms with E-state index >= 15 is 0 Å². The molecule has 4 heteroatoms. The zero-order chi connectivity index (χ0) is 14.5. The predicted octanol–water partition coefficient (Wildman–Crippen LogP) is 4.19. The van der Waals surface area contributed by atoms with E-state index in [0.717, 1.165) is 10.0 Å². The van der Waals surface area contributed by atoms with Gasteiger partial charge >= 0.3 is 0 Å². The van der Waals surface area contributed by atoms with Gasteiger partial charge in [0.05, 0.1) is 12.7 Å². The minimum Gasteiger partial charge on any atom is -0.367 e. The van der Waals surface area contributed by atoms with E-state index in [9.17, 15) is 4.39 Å². The number of nitrogens with two attached hydrogens (primary N) is 1. The molecule has 2 rings (SSSR count). The average Bonchev–Trinajstić information content (AvgIpc) is 2.42. The third kappa shape index (κ3) is 3.88. The van der Waals surface area contributed by atoms with Crippen molar-refractivity contribution < 1.29 is 9.13 Å². The summed E-state index contributed by atoms with van der Waals surface area (Å²) in [5.41, 5.74) is 7.50. The number of hydrogen-bond donors (Lipinski definition) is 1. The lowest BCUT2D eigenvalue weighted by Crippen LogP contribution is -2.27. The van der Waals surface area contributed by atoms with Crippen LogP contribution >= 0.6 is 15.9 Å². The second kappa shape index (κ2) is 6.97. The molecule has 0 fully saturated rings. The van der Waals surface area contributed by atoms with E-state index in [1.165, 1.54) is 6.07 Å². The molecular weight excluding hydrogens is 321 g/mol. The molecule has 2 atom stereocenters. The van der Waals surface area contributed by atoms with Gasteiger partial charge in [0.2, 0.25) is 0 Å². The van der Waals surface area contributed by atoms with Crippen molar-refractivity contribution in [3.05, 3.63) is 69.9 Å². The molecular formula is C16H17BrFNO. The molecule has 0 spiro atoms. The van der Waals surface area contributed by atoms with Crippen molar-refractivity contribution in [1.29, 1.82) is 0 Å². The van der Waals surface area contributed by atoms with Gasteiger partial charge in [0, 0.05) is 16.1 Å². The van der Waals surface area contributed by atoms with E-state index in [1.54, 1.807) is 18.2 Å². The highest BCUT2D eigenvalue weighted by molar-refractivity contribution is 9.10. The van der Waals surface area contributed by atoms with Gasteiger partial charge in [0.25, 0.3) is 0 Å². The van der Waals surface area contributed by atoms with Crippen molar-refractivity contribution in [2.75, 3.05) is 0 Å². The third-order valence-corrected chi connectivity index (χ3v) is 3.58. The fraction of sp³-hybridized carbons (Fsp3) is 0.250. The van der Waals surface area contributed by atoms with Crippen LogP contribution in [0.5, 0.6) is 0 Å². The van der Waals surface area contributed by atoms with E-state index in [4.69, 9.17) is 10.5 Å². The Morgan fingerprint density at radius 1 is 1.15 bits per heavy atom. The van der Waals surface area contributed by atoms with Crippen LogP contribution in [0.3, 0.4) is 0 Å². The van der Waals surface area contributed by atoms with E-state index in [2.05, 4.69) is 15.9 Å². The Labute approximate surface area is 126 Å². The Morgan fingerprint density at radius 3 is 2.40 bits per heavy atom. The summed E-state index contributed by atoms with van der Waals surface area (Å²) in [5, 5.41) is 0. The number of rotatable bonds is 5. The van der Waals surface area contributed by atoms with Crippen molar-refractivity contribution in [2.24, 2.45) is 5.73 Å². The van der Waals surface area contributed by atoms with Gasteiger partial charge in [-0.1, -0.05) is 46.3 Å². The maximum atomic E-state index is 13.6. The molecule has 0 bridgehead atoms. The standard InChI is InChI=1S/C16H17BrFNO/c1-11(19)16(12-6-8-14(17)9-7-12)20-10-13-4-2-3-5-15(13)18/h2-9,11,16H,10,19H2,1H3. The van der Waals surface area contributed by atoms with Gasteiger partial charge in [0.15, 0.2) is 0 Å². The monoisotopic (exact) mass is 337 g/mol. The summed E-state index contributed by atoms with van der Waals surface area (Å²) >= 11 is 3.40. The fourth-order valence-electron chi connectivity index (χ4n) is 2.00. The van der Waals surface area contributed by atoms with Crippen LogP contribution in [-0.2, 0) is 11.3 Å². The van der Waals surface area contributed by atoms with Crippen LogP contribution < -0.4 is 5.73 Å². The second-order valence-corrected chi connectivity index (χ2v) is 5.65. The lowest BCUT2D eigenvalue weighted by molar-refractivity contribution is 0.0245. The quantitative estimate of drug-likeness (QED) is 0.887. The van der Waals surface area contributed by atoms with E-state index in [1.807, 2.05) is 31.2 Å². The summed E-state index contributed by atoms with van der Waals surface area (Å²) in [7, 11) is 0. The van der Waals surface area contributed by atoms with Crippen molar-refractivity contribution in [1.82, 2.24) is 0 Å². The molecule has 2 nitrogen and oxygen atoms in total. The predicted molar refractivity (Wildman–Crippen MR) is 81.7 cm³/mol. The highest BCUT2D eigenvalue weighted by Gasteiger charge is 2.17. The summed E-state index contributed by atoms with van der Waals surface area (Å²) in [5.74, 6) is -0.258. The van der Waals surface area contributed by atoms with E-state index < -0.39 is 0 Å². The molecule has 0 heterocycles. The first-order valence-electron chi connectivity index (χ1n) is 6.44. The highest BCUT2D eigenvalue weighted by atomic mass is 79.9. The Balaban J connectivity index is 2.11. The van der Waals surface area contributed by atoms with Crippen LogP contribution in [-0.4, -0.2) is 6.04 Å². The van der Waals surface area contributed by atoms with E-state index in [0.29, 0.717) is 5.56 Å². The molecule has 0 aliphatic carbocycles. The molecule has 2 aromatic rings. The summed E-state index contributed by atoms with van der Waals surface area (Å²) < 4.78 is 20.4. The first kappa shape index (κ1) is 15.2. The number of halogens is 2. The van der Waals surface area contributed by atoms with Gasteiger partial charge in [-0.3, -0.25) is 0 Å². The Kier molecular flexibility index (Phi) is 5.29. The summed E-state index contributed by atoms with van der Waals surface area (Å²) in [6.45, 7) is 2.09. The van der Waals surface area contributed by atoms with Crippen molar-refractivity contribution >= 4 is 15.9 Å². The maximum Gasteiger partial charge on any atom is 0.128 e. The van der Waals surface area contributed by atoms with Gasteiger partial charge in [-0.15, -0.1) is 0 Å². The molecule has 0 aromatic heterocycles. The van der Waals surface area contributed by atoms with Crippen LogP contribution in [0.1, 0.15) is 24.2 Å². The molecule has 20 heavy (non-hydrogen) atoms.